The summed E-state index contributed by atoms with van der Waals surface area (Å²) in [5.74, 6) is 0.554. The van der Waals surface area contributed by atoms with Crippen molar-refractivity contribution in [3.63, 3.8) is 0 Å². The molecule has 0 radical (unpaired) electrons. The molecule has 1 aliphatic rings. The van der Waals surface area contributed by atoms with Gasteiger partial charge in [-0.15, -0.1) is 11.3 Å². The molecule has 2 heterocycles. The maximum absolute atomic E-state index is 6.19. The van der Waals surface area contributed by atoms with Crippen LogP contribution >= 0.6 is 38.9 Å². The van der Waals surface area contributed by atoms with Gasteiger partial charge in [0.2, 0.25) is 0 Å². The Morgan fingerprint density at radius 3 is 2.95 bits per heavy atom. The zero-order chi connectivity index (χ0) is 13.8. The van der Waals surface area contributed by atoms with Gasteiger partial charge in [-0.05, 0) is 47.8 Å². The molecule has 3 unspecified atom stereocenters. The predicted octanol–water partition coefficient (Wildman–Crippen LogP) is 5.02. The highest BCUT2D eigenvalue weighted by atomic mass is 79.9. The van der Waals surface area contributed by atoms with Crippen molar-refractivity contribution < 1.29 is 4.74 Å². The SMILES string of the molecule is CCCNC(c1cc(Cl)c(Br)s1)C1CCOC1CC. The van der Waals surface area contributed by atoms with Gasteiger partial charge < -0.3 is 10.1 Å². The molecule has 1 N–H and O–H groups in total. The van der Waals surface area contributed by atoms with Crippen LogP contribution in [0.25, 0.3) is 0 Å². The Bertz CT molecular complexity index is 393. The van der Waals surface area contributed by atoms with E-state index < -0.39 is 0 Å². The molecule has 0 spiro atoms. The van der Waals surface area contributed by atoms with E-state index in [2.05, 4.69) is 41.2 Å². The first-order valence-electron chi connectivity index (χ1n) is 6.97. The first kappa shape index (κ1) is 15.8. The fourth-order valence-electron chi connectivity index (χ4n) is 2.75. The first-order valence-corrected chi connectivity index (χ1v) is 8.95. The van der Waals surface area contributed by atoms with Crippen molar-refractivity contribution in [2.45, 2.75) is 45.3 Å². The standard InChI is InChI=1S/C14H21BrClNOS/c1-3-6-17-13(9-5-7-18-11(9)4-2)12-8-10(16)14(15)19-12/h8-9,11,13,17H,3-7H2,1-2H3. The van der Waals surface area contributed by atoms with Crippen molar-refractivity contribution in [3.8, 4) is 0 Å². The van der Waals surface area contributed by atoms with Gasteiger partial charge in [-0.3, -0.25) is 0 Å². The molecule has 0 aromatic carbocycles. The minimum Gasteiger partial charge on any atom is -0.378 e. The largest absolute Gasteiger partial charge is 0.378 e. The Kier molecular flexibility index (Phi) is 6.15. The maximum Gasteiger partial charge on any atom is 0.0887 e. The Morgan fingerprint density at radius 1 is 1.58 bits per heavy atom. The molecule has 3 atom stereocenters. The second kappa shape index (κ2) is 7.41. The number of rotatable bonds is 6. The van der Waals surface area contributed by atoms with Gasteiger partial charge in [0, 0.05) is 23.4 Å². The molecule has 0 bridgehead atoms. The van der Waals surface area contributed by atoms with E-state index in [0.717, 1.165) is 41.2 Å². The summed E-state index contributed by atoms with van der Waals surface area (Å²) in [4.78, 5) is 1.32. The maximum atomic E-state index is 6.19. The van der Waals surface area contributed by atoms with Crippen LogP contribution in [0.2, 0.25) is 5.02 Å². The van der Waals surface area contributed by atoms with Crippen molar-refractivity contribution in [3.05, 3.63) is 19.8 Å². The molecular weight excluding hydrogens is 346 g/mol. The van der Waals surface area contributed by atoms with Crippen LogP contribution in [0, 0.1) is 5.92 Å². The lowest BCUT2D eigenvalue weighted by Gasteiger charge is -2.27. The number of ether oxygens (including phenoxy) is 1. The van der Waals surface area contributed by atoms with Crippen LogP contribution in [-0.2, 0) is 4.74 Å². The van der Waals surface area contributed by atoms with Gasteiger partial charge in [-0.2, -0.15) is 0 Å². The van der Waals surface area contributed by atoms with Crippen molar-refractivity contribution in [1.82, 2.24) is 5.32 Å². The zero-order valence-electron chi connectivity index (χ0n) is 11.4. The Labute approximate surface area is 133 Å². The molecule has 19 heavy (non-hydrogen) atoms. The van der Waals surface area contributed by atoms with Crippen molar-refractivity contribution in [2.24, 2.45) is 5.92 Å². The summed E-state index contributed by atoms with van der Waals surface area (Å²) in [6, 6.07) is 2.45. The molecular formula is C14H21BrClNOS. The summed E-state index contributed by atoms with van der Waals surface area (Å²) >= 11 is 11.4. The van der Waals surface area contributed by atoms with E-state index >= 15 is 0 Å². The van der Waals surface area contributed by atoms with Gasteiger partial charge in [-0.1, -0.05) is 25.4 Å². The fourth-order valence-corrected chi connectivity index (χ4v) is 4.64. The fraction of sp³-hybridized carbons (Fsp3) is 0.714. The summed E-state index contributed by atoms with van der Waals surface area (Å²) in [7, 11) is 0. The second-order valence-electron chi connectivity index (χ2n) is 4.97. The van der Waals surface area contributed by atoms with Crippen LogP contribution in [0.1, 0.15) is 44.0 Å². The Morgan fingerprint density at radius 2 is 2.37 bits per heavy atom. The summed E-state index contributed by atoms with van der Waals surface area (Å²) < 4.78 is 6.88. The van der Waals surface area contributed by atoms with Crippen LogP contribution in [0.4, 0.5) is 0 Å². The third kappa shape index (κ3) is 3.73. The molecule has 1 aliphatic heterocycles. The summed E-state index contributed by atoms with van der Waals surface area (Å²) in [6.45, 7) is 6.32. The van der Waals surface area contributed by atoms with Gasteiger partial charge in [0.05, 0.1) is 14.9 Å². The molecule has 0 amide bonds. The topological polar surface area (TPSA) is 21.3 Å². The minimum atomic E-state index is 0.362. The summed E-state index contributed by atoms with van der Waals surface area (Å²) in [5.41, 5.74) is 0. The van der Waals surface area contributed by atoms with E-state index in [1.807, 2.05) is 0 Å². The van der Waals surface area contributed by atoms with Gasteiger partial charge in [0.15, 0.2) is 0 Å². The van der Waals surface area contributed by atoms with Gasteiger partial charge >= 0.3 is 0 Å². The van der Waals surface area contributed by atoms with Crippen LogP contribution in [0.5, 0.6) is 0 Å². The summed E-state index contributed by atoms with van der Waals surface area (Å²) in [6.07, 6.45) is 3.72. The van der Waals surface area contributed by atoms with Crippen LogP contribution in [-0.4, -0.2) is 19.3 Å². The second-order valence-corrected chi connectivity index (χ2v) is 7.78. The highest BCUT2D eigenvalue weighted by Crippen LogP contribution is 2.41. The van der Waals surface area contributed by atoms with Crippen molar-refractivity contribution in [2.75, 3.05) is 13.2 Å². The highest BCUT2D eigenvalue weighted by Gasteiger charge is 2.35. The molecule has 0 saturated carbocycles. The Balaban J connectivity index is 2.19. The lowest BCUT2D eigenvalue weighted by atomic mass is 9.90. The monoisotopic (exact) mass is 365 g/mol. The molecule has 1 aromatic rings. The molecule has 5 heteroatoms. The van der Waals surface area contributed by atoms with Crippen molar-refractivity contribution in [1.29, 1.82) is 0 Å². The third-order valence-electron chi connectivity index (χ3n) is 3.68. The van der Waals surface area contributed by atoms with Crippen molar-refractivity contribution >= 4 is 38.9 Å². The molecule has 1 fully saturated rings. The molecule has 108 valence electrons. The number of nitrogens with one attached hydrogen (secondary N) is 1. The normalized spacial score (nSPS) is 24.8. The smallest absolute Gasteiger partial charge is 0.0887 e. The highest BCUT2D eigenvalue weighted by molar-refractivity contribution is 9.11. The molecule has 2 rings (SSSR count). The van der Waals surface area contributed by atoms with Crippen LogP contribution in [0.15, 0.2) is 9.85 Å². The third-order valence-corrected chi connectivity index (χ3v) is 6.23. The van der Waals surface area contributed by atoms with Gasteiger partial charge in [0.1, 0.15) is 0 Å². The minimum absolute atomic E-state index is 0.362. The summed E-state index contributed by atoms with van der Waals surface area (Å²) in [5, 5.41) is 4.50. The van der Waals surface area contributed by atoms with E-state index in [0.29, 0.717) is 18.1 Å². The van der Waals surface area contributed by atoms with Crippen LogP contribution < -0.4 is 5.32 Å². The lowest BCUT2D eigenvalue weighted by molar-refractivity contribution is 0.0778. The average Bonchev–Trinajstić information content (AvgIpc) is 2.98. The number of hydrogen-bond donors (Lipinski definition) is 1. The van der Waals surface area contributed by atoms with E-state index in [1.165, 1.54) is 4.88 Å². The van der Waals surface area contributed by atoms with Gasteiger partial charge in [0.25, 0.3) is 0 Å². The molecule has 2 nitrogen and oxygen atoms in total. The first-order chi connectivity index (χ1) is 9.17. The quantitative estimate of drug-likeness (QED) is 0.763. The van der Waals surface area contributed by atoms with E-state index in [-0.39, 0.29) is 0 Å². The molecule has 1 aromatic heterocycles. The Hall–Kier alpha value is 0.390. The van der Waals surface area contributed by atoms with Crippen LogP contribution in [0.3, 0.4) is 0 Å². The number of halogens is 2. The van der Waals surface area contributed by atoms with E-state index in [4.69, 9.17) is 16.3 Å². The average molecular weight is 367 g/mol. The molecule has 0 aliphatic carbocycles. The molecule has 1 saturated heterocycles. The number of thiophene rings is 1. The lowest BCUT2D eigenvalue weighted by Crippen LogP contribution is -2.32. The zero-order valence-corrected chi connectivity index (χ0v) is 14.6. The predicted molar refractivity (Wildman–Crippen MR) is 86.2 cm³/mol. The van der Waals surface area contributed by atoms with E-state index in [1.54, 1.807) is 11.3 Å². The van der Waals surface area contributed by atoms with Gasteiger partial charge in [-0.25, -0.2) is 0 Å². The van der Waals surface area contributed by atoms with E-state index in [9.17, 15) is 0 Å². The number of hydrogen-bond acceptors (Lipinski definition) is 3.